The predicted molar refractivity (Wildman–Crippen MR) is 112 cm³/mol. The molecule has 0 bridgehead atoms. The number of hydrogen-bond donors (Lipinski definition) is 0. The van der Waals surface area contributed by atoms with Gasteiger partial charge in [0.25, 0.3) is 0 Å². The van der Waals surface area contributed by atoms with E-state index in [1.54, 1.807) is 0 Å². The van der Waals surface area contributed by atoms with Crippen LogP contribution in [0.4, 0.5) is 0 Å². The van der Waals surface area contributed by atoms with Gasteiger partial charge in [-0.25, -0.2) is 0 Å². The number of ether oxygens (including phenoxy) is 6. The van der Waals surface area contributed by atoms with Crippen molar-refractivity contribution >= 4 is 24.2 Å². The molecule has 0 aliphatic carbocycles. The van der Waals surface area contributed by atoms with Crippen LogP contribution in [-0.4, -0.2) is 82.1 Å². The average Bonchev–Trinajstić information content (AvgIpc) is 3.63. The minimum Gasteiger partial charge on any atom is -0.466 e. The summed E-state index contributed by atoms with van der Waals surface area (Å²) in [7, 11) is 0. The molecule has 0 spiro atoms. The van der Waals surface area contributed by atoms with Crippen LogP contribution in [0.1, 0.15) is 51.4 Å². The summed E-state index contributed by atoms with van der Waals surface area (Å²) >= 11 is 0. The fraction of sp³-hybridized carbons (Fsp3) is 0.826. The van der Waals surface area contributed by atoms with E-state index in [9.17, 15) is 19.2 Å². The van der Waals surface area contributed by atoms with Gasteiger partial charge in [0.2, 0.25) is 0 Å². The van der Waals surface area contributed by atoms with Gasteiger partial charge in [-0.15, -0.1) is 0 Å². The van der Waals surface area contributed by atoms with Gasteiger partial charge in [0.1, 0.15) is 6.29 Å². The van der Waals surface area contributed by atoms with Gasteiger partial charge in [0.05, 0.1) is 76.7 Å². The highest BCUT2D eigenvalue weighted by Gasteiger charge is 2.34. The molecule has 0 aromatic rings. The van der Waals surface area contributed by atoms with Crippen LogP contribution in [0, 0.1) is 11.8 Å². The van der Waals surface area contributed by atoms with E-state index >= 15 is 0 Å². The maximum atomic E-state index is 12.7. The molecule has 3 aliphatic heterocycles. The lowest BCUT2D eigenvalue weighted by atomic mass is 9.88. The van der Waals surface area contributed by atoms with Gasteiger partial charge in [-0.05, 0) is 38.5 Å². The van der Waals surface area contributed by atoms with Gasteiger partial charge in [0.15, 0.2) is 0 Å². The highest BCUT2D eigenvalue weighted by Crippen LogP contribution is 2.23. The molecule has 3 heterocycles. The molecule has 3 fully saturated rings. The summed E-state index contributed by atoms with van der Waals surface area (Å²) in [4.78, 5) is 49.0. The molecule has 10 heteroatoms. The zero-order chi connectivity index (χ0) is 23.5. The van der Waals surface area contributed by atoms with E-state index in [0.717, 1.165) is 39.1 Å². The Morgan fingerprint density at radius 1 is 0.727 bits per heavy atom. The van der Waals surface area contributed by atoms with Gasteiger partial charge in [0, 0.05) is 5.92 Å². The minimum absolute atomic E-state index is 0.158. The lowest BCUT2D eigenvalue weighted by molar-refractivity contribution is -0.159. The first kappa shape index (κ1) is 25.6. The normalized spacial score (nSPS) is 24.3. The molecule has 0 aromatic carbocycles. The zero-order valence-corrected chi connectivity index (χ0v) is 18.9. The number of hydrogen-bond acceptors (Lipinski definition) is 10. The van der Waals surface area contributed by atoms with Crippen LogP contribution < -0.4 is 0 Å². The van der Waals surface area contributed by atoms with Crippen molar-refractivity contribution in [3.05, 3.63) is 0 Å². The molecule has 186 valence electrons. The molecule has 3 aliphatic rings. The largest absolute Gasteiger partial charge is 0.466 e. The smallest absolute Gasteiger partial charge is 0.310 e. The van der Waals surface area contributed by atoms with E-state index in [2.05, 4.69) is 0 Å². The van der Waals surface area contributed by atoms with Crippen molar-refractivity contribution in [1.82, 2.24) is 0 Å². The Bertz CT molecular complexity index is 654. The average molecular weight is 471 g/mol. The third-order valence-electron chi connectivity index (χ3n) is 5.77. The van der Waals surface area contributed by atoms with Gasteiger partial charge in [-0.2, -0.15) is 0 Å². The highest BCUT2D eigenvalue weighted by molar-refractivity contribution is 5.84. The monoisotopic (exact) mass is 470 g/mol. The molecule has 0 aromatic heterocycles. The first-order valence-corrected chi connectivity index (χ1v) is 11.8. The van der Waals surface area contributed by atoms with E-state index in [1.165, 1.54) is 0 Å². The van der Waals surface area contributed by atoms with Crippen molar-refractivity contribution in [3.63, 3.8) is 0 Å². The van der Waals surface area contributed by atoms with Crippen molar-refractivity contribution in [1.29, 1.82) is 0 Å². The van der Waals surface area contributed by atoms with Gasteiger partial charge in [-0.3, -0.25) is 14.4 Å². The second-order valence-electron chi connectivity index (χ2n) is 8.72. The first-order valence-electron chi connectivity index (χ1n) is 11.8. The van der Waals surface area contributed by atoms with Crippen molar-refractivity contribution in [2.75, 3.05) is 39.6 Å². The number of carbonyl (C=O) groups excluding carboxylic acids is 4. The maximum Gasteiger partial charge on any atom is 0.310 e. The van der Waals surface area contributed by atoms with Crippen molar-refractivity contribution in [2.24, 2.45) is 11.8 Å². The Morgan fingerprint density at radius 2 is 1.15 bits per heavy atom. The molecule has 0 saturated carbocycles. The van der Waals surface area contributed by atoms with E-state index in [4.69, 9.17) is 28.4 Å². The van der Waals surface area contributed by atoms with Gasteiger partial charge in [-0.1, -0.05) is 0 Å². The number of aldehydes is 1. The van der Waals surface area contributed by atoms with Crippen LogP contribution in [0.25, 0.3) is 0 Å². The van der Waals surface area contributed by atoms with Gasteiger partial charge < -0.3 is 33.2 Å². The van der Waals surface area contributed by atoms with Crippen LogP contribution in [0.15, 0.2) is 0 Å². The molecular weight excluding hydrogens is 436 g/mol. The van der Waals surface area contributed by atoms with Crippen molar-refractivity contribution < 1.29 is 47.6 Å². The molecule has 10 nitrogen and oxygen atoms in total. The summed E-state index contributed by atoms with van der Waals surface area (Å²) in [5.74, 6) is -4.02. The molecular formula is C23H34O10. The SMILES string of the molecule is O=CC(CC(=O)OCCCC1CO1)C(CC(=O)OCCCC1CO1)C(=O)OCCCC1CO1. The van der Waals surface area contributed by atoms with Crippen LogP contribution in [-0.2, 0) is 47.6 Å². The number of rotatable bonds is 19. The number of carbonyl (C=O) groups is 4. The Morgan fingerprint density at radius 3 is 1.58 bits per heavy atom. The molecule has 33 heavy (non-hydrogen) atoms. The Kier molecular flexibility index (Phi) is 10.6. The fourth-order valence-corrected chi connectivity index (χ4v) is 3.47. The van der Waals surface area contributed by atoms with Gasteiger partial charge >= 0.3 is 17.9 Å². The van der Waals surface area contributed by atoms with E-state index in [0.29, 0.717) is 25.5 Å². The Hall–Kier alpha value is -2.04. The Labute approximate surface area is 193 Å². The van der Waals surface area contributed by atoms with E-state index < -0.39 is 29.7 Å². The summed E-state index contributed by atoms with van der Waals surface area (Å²) in [5, 5.41) is 0. The third-order valence-corrected chi connectivity index (χ3v) is 5.77. The molecule has 0 radical (unpaired) electrons. The van der Waals surface area contributed by atoms with Crippen LogP contribution in [0.3, 0.4) is 0 Å². The minimum atomic E-state index is -1.11. The second kappa shape index (κ2) is 13.6. The molecule has 0 amide bonds. The number of epoxide rings is 3. The summed E-state index contributed by atoms with van der Waals surface area (Å²) in [6, 6.07) is 0. The molecule has 3 saturated heterocycles. The summed E-state index contributed by atoms with van der Waals surface area (Å²) < 4.78 is 31.0. The van der Waals surface area contributed by atoms with Crippen molar-refractivity contribution in [3.8, 4) is 0 Å². The van der Waals surface area contributed by atoms with E-state index in [-0.39, 0.29) is 51.0 Å². The second-order valence-corrected chi connectivity index (χ2v) is 8.72. The highest BCUT2D eigenvalue weighted by atomic mass is 16.6. The lowest BCUT2D eigenvalue weighted by Gasteiger charge is -2.20. The maximum absolute atomic E-state index is 12.7. The first-order chi connectivity index (χ1) is 16.0. The summed E-state index contributed by atoms with van der Waals surface area (Å²) in [6.07, 6.45) is 4.93. The van der Waals surface area contributed by atoms with Crippen LogP contribution in [0.2, 0.25) is 0 Å². The molecule has 3 rings (SSSR count). The topological polar surface area (TPSA) is 134 Å². The standard InChI is InChI=1S/C23H34O10/c24-12-16(10-21(25)28-7-1-4-17-13-31-17)20(23(27)30-9-3-6-19-15-33-19)11-22(26)29-8-2-5-18-14-32-18/h12,16-20H,1-11,13-15H2. The lowest BCUT2D eigenvalue weighted by Crippen LogP contribution is -2.32. The predicted octanol–water partition coefficient (Wildman–Crippen LogP) is 1.36. The summed E-state index contributed by atoms with van der Waals surface area (Å²) in [6.45, 7) is 2.78. The van der Waals surface area contributed by atoms with Crippen molar-refractivity contribution in [2.45, 2.75) is 69.7 Å². The Balaban J connectivity index is 1.44. The molecule has 5 atom stereocenters. The fourth-order valence-electron chi connectivity index (χ4n) is 3.47. The molecule has 0 N–H and O–H groups in total. The quantitative estimate of drug-likeness (QED) is 0.0895. The van der Waals surface area contributed by atoms with Crippen LogP contribution >= 0.6 is 0 Å². The van der Waals surface area contributed by atoms with E-state index in [1.807, 2.05) is 0 Å². The summed E-state index contributed by atoms with van der Waals surface area (Å²) in [5.41, 5.74) is 0. The zero-order valence-electron chi connectivity index (χ0n) is 18.9. The third kappa shape index (κ3) is 11.1. The number of esters is 3. The molecule has 5 unspecified atom stereocenters. The van der Waals surface area contributed by atoms with Crippen LogP contribution in [0.5, 0.6) is 0 Å².